The lowest BCUT2D eigenvalue weighted by molar-refractivity contribution is 0.308. The molecule has 0 atom stereocenters. The standard InChI is InChI=1S/C15H15N7O/c1-9-14(19-20-22(9)12-6-17-7-12)10-3-13(23-2)15-11(4-16)5-18-21(15)8-10/h3,5,8,12,17H,6-7H2,1-2H3. The van der Waals surface area contributed by atoms with Crippen LogP contribution in [-0.2, 0) is 0 Å². The van der Waals surface area contributed by atoms with Gasteiger partial charge in [0.15, 0.2) is 0 Å². The number of pyridine rings is 1. The van der Waals surface area contributed by atoms with E-state index in [1.54, 1.807) is 11.6 Å². The number of hydrogen-bond acceptors (Lipinski definition) is 6. The van der Waals surface area contributed by atoms with E-state index in [-0.39, 0.29) is 0 Å². The number of nitriles is 1. The average molecular weight is 309 g/mol. The Morgan fingerprint density at radius 3 is 2.91 bits per heavy atom. The van der Waals surface area contributed by atoms with E-state index in [1.807, 2.05) is 23.9 Å². The van der Waals surface area contributed by atoms with Crippen molar-refractivity contribution in [2.24, 2.45) is 0 Å². The lowest BCUT2D eigenvalue weighted by Gasteiger charge is -2.27. The van der Waals surface area contributed by atoms with Crippen LogP contribution in [0.3, 0.4) is 0 Å². The topological polar surface area (TPSA) is 93.1 Å². The minimum absolute atomic E-state index is 0.358. The maximum absolute atomic E-state index is 9.18. The number of methoxy groups -OCH3 is 1. The van der Waals surface area contributed by atoms with Crippen LogP contribution in [0.1, 0.15) is 17.3 Å². The molecule has 1 saturated heterocycles. The van der Waals surface area contributed by atoms with Crippen molar-refractivity contribution < 1.29 is 4.74 Å². The second kappa shape index (κ2) is 5.07. The maximum Gasteiger partial charge on any atom is 0.146 e. The molecule has 116 valence electrons. The van der Waals surface area contributed by atoms with Gasteiger partial charge in [-0.15, -0.1) is 5.10 Å². The highest BCUT2D eigenvalue weighted by Gasteiger charge is 2.24. The Morgan fingerprint density at radius 1 is 1.43 bits per heavy atom. The van der Waals surface area contributed by atoms with E-state index < -0.39 is 0 Å². The fourth-order valence-electron chi connectivity index (χ4n) is 2.85. The Morgan fingerprint density at radius 2 is 2.26 bits per heavy atom. The largest absolute Gasteiger partial charge is 0.494 e. The molecule has 0 bridgehead atoms. The zero-order valence-corrected chi connectivity index (χ0v) is 12.8. The third kappa shape index (κ3) is 1.98. The van der Waals surface area contributed by atoms with Gasteiger partial charge in [-0.2, -0.15) is 10.4 Å². The van der Waals surface area contributed by atoms with Gasteiger partial charge in [0.05, 0.1) is 25.0 Å². The van der Waals surface area contributed by atoms with Crippen LogP contribution < -0.4 is 10.1 Å². The number of aromatic nitrogens is 5. The molecule has 4 heterocycles. The Bertz CT molecular complexity index is 929. The van der Waals surface area contributed by atoms with E-state index >= 15 is 0 Å². The zero-order valence-electron chi connectivity index (χ0n) is 12.8. The molecular formula is C15H15N7O. The van der Waals surface area contributed by atoms with E-state index in [1.165, 1.54) is 6.20 Å². The smallest absolute Gasteiger partial charge is 0.146 e. The molecule has 0 amide bonds. The summed E-state index contributed by atoms with van der Waals surface area (Å²) in [7, 11) is 1.58. The highest BCUT2D eigenvalue weighted by Crippen LogP contribution is 2.30. The van der Waals surface area contributed by atoms with Gasteiger partial charge >= 0.3 is 0 Å². The number of rotatable bonds is 3. The molecule has 0 radical (unpaired) electrons. The third-order valence-corrected chi connectivity index (χ3v) is 4.22. The highest BCUT2D eigenvalue weighted by molar-refractivity contribution is 5.74. The molecule has 8 heteroatoms. The van der Waals surface area contributed by atoms with Crippen LogP contribution in [0, 0.1) is 18.3 Å². The molecule has 3 aromatic heterocycles. The van der Waals surface area contributed by atoms with Crippen LogP contribution in [0.15, 0.2) is 18.5 Å². The zero-order chi connectivity index (χ0) is 16.0. The van der Waals surface area contributed by atoms with Crippen LogP contribution in [-0.4, -0.2) is 44.8 Å². The van der Waals surface area contributed by atoms with E-state index in [9.17, 15) is 5.26 Å². The number of nitrogens with one attached hydrogen (secondary N) is 1. The van der Waals surface area contributed by atoms with E-state index in [0.717, 1.165) is 30.0 Å². The van der Waals surface area contributed by atoms with Gasteiger partial charge in [-0.25, -0.2) is 9.20 Å². The molecule has 1 aliphatic heterocycles. The number of fused-ring (bicyclic) bond motifs is 1. The summed E-state index contributed by atoms with van der Waals surface area (Å²) in [6, 6.07) is 4.36. The molecule has 1 N–H and O–H groups in total. The van der Waals surface area contributed by atoms with Gasteiger partial charge in [0.25, 0.3) is 0 Å². The molecule has 1 aliphatic rings. The molecule has 0 aliphatic carbocycles. The minimum atomic E-state index is 0.358. The monoisotopic (exact) mass is 309 g/mol. The van der Waals surface area contributed by atoms with Crippen molar-refractivity contribution in [2.45, 2.75) is 13.0 Å². The summed E-state index contributed by atoms with van der Waals surface area (Å²) < 4.78 is 9.04. The van der Waals surface area contributed by atoms with Crippen LogP contribution in [0.4, 0.5) is 0 Å². The van der Waals surface area contributed by atoms with Crippen LogP contribution in [0.25, 0.3) is 16.8 Å². The summed E-state index contributed by atoms with van der Waals surface area (Å²) in [5, 5.41) is 25.2. The summed E-state index contributed by atoms with van der Waals surface area (Å²) in [6.45, 7) is 3.83. The molecule has 0 spiro atoms. The molecule has 4 rings (SSSR count). The Labute approximate surface area is 132 Å². The van der Waals surface area contributed by atoms with Crippen molar-refractivity contribution in [1.29, 1.82) is 5.26 Å². The summed E-state index contributed by atoms with van der Waals surface area (Å²) in [5.74, 6) is 0.593. The summed E-state index contributed by atoms with van der Waals surface area (Å²) >= 11 is 0. The summed E-state index contributed by atoms with van der Waals surface area (Å²) in [5.41, 5.74) is 3.80. The van der Waals surface area contributed by atoms with E-state index in [4.69, 9.17) is 4.74 Å². The lowest BCUT2D eigenvalue weighted by atomic mass is 10.1. The summed E-state index contributed by atoms with van der Waals surface area (Å²) in [6.07, 6.45) is 3.38. The normalized spacial score (nSPS) is 14.7. The number of ether oxygens (including phenoxy) is 1. The average Bonchev–Trinajstić information content (AvgIpc) is 3.09. The van der Waals surface area contributed by atoms with Crippen molar-refractivity contribution >= 4 is 5.52 Å². The van der Waals surface area contributed by atoms with Gasteiger partial charge in [-0.05, 0) is 13.0 Å². The molecule has 8 nitrogen and oxygen atoms in total. The SMILES string of the molecule is COc1cc(-c2nnn(C3CNC3)c2C)cn2ncc(C#N)c12. The second-order valence-corrected chi connectivity index (χ2v) is 5.54. The first kappa shape index (κ1) is 13.7. The maximum atomic E-state index is 9.18. The lowest BCUT2D eigenvalue weighted by Crippen LogP contribution is -2.44. The predicted molar refractivity (Wildman–Crippen MR) is 82.1 cm³/mol. The van der Waals surface area contributed by atoms with Gasteiger partial charge in [-0.1, -0.05) is 5.21 Å². The van der Waals surface area contributed by atoms with Crippen LogP contribution in [0.5, 0.6) is 5.75 Å². The number of hydrogen-bond donors (Lipinski definition) is 1. The first-order valence-corrected chi connectivity index (χ1v) is 7.31. The molecule has 23 heavy (non-hydrogen) atoms. The van der Waals surface area contributed by atoms with E-state index in [2.05, 4.69) is 26.8 Å². The number of nitrogens with zero attached hydrogens (tertiary/aromatic N) is 6. The molecular weight excluding hydrogens is 294 g/mol. The Kier molecular flexibility index (Phi) is 3.02. The van der Waals surface area contributed by atoms with Crippen molar-refractivity contribution in [3.8, 4) is 23.1 Å². The van der Waals surface area contributed by atoms with Gasteiger partial charge < -0.3 is 10.1 Å². The summed E-state index contributed by atoms with van der Waals surface area (Å²) in [4.78, 5) is 0. The Hall–Kier alpha value is -2.92. The van der Waals surface area contributed by atoms with Crippen molar-refractivity contribution in [3.63, 3.8) is 0 Å². The predicted octanol–water partition coefficient (Wildman–Crippen LogP) is 0.926. The van der Waals surface area contributed by atoms with Gasteiger partial charge in [0.2, 0.25) is 0 Å². The molecule has 1 fully saturated rings. The fraction of sp³-hybridized carbons (Fsp3) is 0.333. The Balaban J connectivity index is 1.86. The first-order valence-electron chi connectivity index (χ1n) is 7.31. The molecule has 0 unspecified atom stereocenters. The third-order valence-electron chi connectivity index (χ3n) is 4.22. The quantitative estimate of drug-likeness (QED) is 0.773. The minimum Gasteiger partial charge on any atom is -0.494 e. The molecule has 0 saturated carbocycles. The van der Waals surface area contributed by atoms with Gasteiger partial charge in [0, 0.05) is 24.8 Å². The van der Waals surface area contributed by atoms with Crippen LogP contribution >= 0.6 is 0 Å². The molecule has 0 aromatic carbocycles. The van der Waals surface area contributed by atoms with Gasteiger partial charge in [0.1, 0.15) is 28.6 Å². The first-order chi connectivity index (χ1) is 11.2. The highest BCUT2D eigenvalue weighted by atomic mass is 16.5. The van der Waals surface area contributed by atoms with Crippen LogP contribution in [0.2, 0.25) is 0 Å². The fourth-order valence-corrected chi connectivity index (χ4v) is 2.85. The van der Waals surface area contributed by atoms with Crippen molar-refractivity contribution in [1.82, 2.24) is 29.9 Å². The van der Waals surface area contributed by atoms with Crippen molar-refractivity contribution in [3.05, 3.63) is 29.7 Å². The van der Waals surface area contributed by atoms with Gasteiger partial charge in [-0.3, -0.25) is 0 Å². The van der Waals surface area contributed by atoms with E-state index in [0.29, 0.717) is 22.9 Å². The molecule has 3 aromatic rings. The second-order valence-electron chi connectivity index (χ2n) is 5.54. The van der Waals surface area contributed by atoms with Crippen molar-refractivity contribution in [2.75, 3.05) is 20.2 Å².